The fourth-order valence-corrected chi connectivity index (χ4v) is 3.73. The van der Waals surface area contributed by atoms with Crippen molar-refractivity contribution >= 4 is 17.4 Å². The van der Waals surface area contributed by atoms with E-state index in [0.29, 0.717) is 23.5 Å². The Bertz CT molecular complexity index is 1150. The fourth-order valence-electron chi connectivity index (χ4n) is 3.73. The summed E-state index contributed by atoms with van der Waals surface area (Å²) in [4.78, 5) is 35.6. The molecule has 4 rings (SSSR count). The van der Waals surface area contributed by atoms with Crippen molar-refractivity contribution in [3.8, 4) is 5.75 Å². The van der Waals surface area contributed by atoms with Gasteiger partial charge in [-0.1, -0.05) is 19.1 Å². The molecule has 1 aliphatic heterocycles. The molecule has 1 amide bonds. The Labute approximate surface area is 186 Å². The van der Waals surface area contributed by atoms with Gasteiger partial charge in [-0.05, 0) is 53.9 Å². The first kappa shape index (κ1) is 21.2. The van der Waals surface area contributed by atoms with Gasteiger partial charge in [0.1, 0.15) is 11.5 Å². The maximum absolute atomic E-state index is 13.1. The third-order valence-corrected chi connectivity index (χ3v) is 5.24. The van der Waals surface area contributed by atoms with Crippen LogP contribution < -0.4 is 4.74 Å². The molecule has 162 valence electrons. The molecule has 1 aromatic carbocycles. The molecule has 1 aliphatic rings. The van der Waals surface area contributed by atoms with Gasteiger partial charge in [0, 0.05) is 36.9 Å². The number of nitrogens with zero attached hydrogens (tertiary/aromatic N) is 3. The summed E-state index contributed by atoms with van der Waals surface area (Å²) in [6.45, 7) is 2.75. The number of amides is 1. The van der Waals surface area contributed by atoms with Gasteiger partial charge in [0.2, 0.25) is 0 Å². The lowest BCUT2D eigenvalue weighted by Crippen LogP contribution is -2.29. The van der Waals surface area contributed by atoms with Crippen molar-refractivity contribution in [2.24, 2.45) is 0 Å². The van der Waals surface area contributed by atoms with Gasteiger partial charge in [0.25, 0.3) is 11.7 Å². The van der Waals surface area contributed by atoms with Gasteiger partial charge in [0.15, 0.2) is 0 Å². The molecule has 0 radical (unpaired) electrons. The van der Waals surface area contributed by atoms with Crippen molar-refractivity contribution in [2.45, 2.75) is 25.9 Å². The standard InChI is InChI=1S/C25H23N3O4/c1-2-14-32-20-5-3-4-19(15-20)23(29)21-22(18-8-12-27-13-9-18)28(25(31)24(21)30)16-17-6-10-26-11-7-17/h3-13,15,22,29H,2,14,16H2,1H3/b23-21-. The summed E-state index contributed by atoms with van der Waals surface area (Å²) < 4.78 is 5.66. The molecule has 1 unspecified atom stereocenters. The minimum absolute atomic E-state index is 0.0443. The second-order valence-corrected chi connectivity index (χ2v) is 7.44. The van der Waals surface area contributed by atoms with Crippen molar-refractivity contribution in [3.05, 3.63) is 95.6 Å². The van der Waals surface area contributed by atoms with E-state index in [2.05, 4.69) is 9.97 Å². The Morgan fingerprint density at radius 3 is 2.41 bits per heavy atom. The zero-order valence-electron chi connectivity index (χ0n) is 17.6. The SMILES string of the molecule is CCCOc1cccc(/C(O)=C2/C(=O)C(=O)N(Cc3ccncc3)C2c2ccncc2)c1. The maximum atomic E-state index is 13.1. The van der Waals surface area contributed by atoms with Crippen LogP contribution in [-0.2, 0) is 16.1 Å². The normalized spacial score (nSPS) is 17.5. The van der Waals surface area contributed by atoms with E-state index in [0.717, 1.165) is 12.0 Å². The fraction of sp³-hybridized carbons (Fsp3) is 0.200. The van der Waals surface area contributed by atoms with Crippen LogP contribution in [0.2, 0.25) is 0 Å². The molecule has 0 bridgehead atoms. The van der Waals surface area contributed by atoms with Crippen LogP contribution in [0.3, 0.4) is 0 Å². The molecule has 1 N–H and O–H groups in total. The molecular formula is C25H23N3O4. The predicted octanol–water partition coefficient (Wildman–Crippen LogP) is 3.89. The number of pyridine rings is 2. The number of aromatic nitrogens is 2. The first-order valence-corrected chi connectivity index (χ1v) is 10.4. The Balaban J connectivity index is 1.80. The smallest absolute Gasteiger partial charge is 0.295 e. The highest BCUT2D eigenvalue weighted by Gasteiger charge is 2.46. The van der Waals surface area contributed by atoms with Gasteiger partial charge in [-0.25, -0.2) is 0 Å². The molecule has 0 saturated carbocycles. The van der Waals surface area contributed by atoms with Crippen molar-refractivity contribution in [2.75, 3.05) is 6.61 Å². The summed E-state index contributed by atoms with van der Waals surface area (Å²) in [7, 11) is 0. The topological polar surface area (TPSA) is 92.6 Å². The number of carbonyl (C=O) groups is 2. The summed E-state index contributed by atoms with van der Waals surface area (Å²) in [5, 5.41) is 11.2. The summed E-state index contributed by atoms with van der Waals surface area (Å²) in [5.74, 6) is -1.03. The molecule has 32 heavy (non-hydrogen) atoms. The molecule has 7 heteroatoms. The Kier molecular flexibility index (Phi) is 6.26. The van der Waals surface area contributed by atoms with Gasteiger partial charge in [-0.2, -0.15) is 0 Å². The zero-order chi connectivity index (χ0) is 22.5. The van der Waals surface area contributed by atoms with Gasteiger partial charge >= 0.3 is 0 Å². The number of likely N-dealkylation sites (tertiary alicyclic amines) is 1. The number of ketones is 1. The number of hydrogen-bond donors (Lipinski definition) is 1. The van der Waals surface area contributed by atoms with Crippen LogP contribution in [0, 0.1) is 0 Å². The van der Waals surface area contributed by atoms with Gasteiger partial charge in [0.05, 0.1) is 18.2 Å². The average molecular weight is 429 g/mol. The minimum Gasteiger partial charge on any atom is -0.507 e. The van der Waals surface area contributed by atoms with E-state index in [1.807, 2.05) is 6.92 Å². The van der Waals surface area contributed by atoms with Gasteiger partial charge in [-0.15, -0.1) is 0 Å². The van der Waals surface area contributed by atoms with Gasteiger partial charge < -0.3 is 14.7 Å². The first-order chi connectivity index (χ1) is 15.6. The molecule has 1 atom stereocenters. The lowest BCUT2D eigenvalue weighted by Gasteiger charge is -2.25. The largest absolute Gasteiger partial charge is 0.507 e. The van der Waals surface area contributed by atoms with Crippen LogP contribution in [-0.4, -0.2) is 38.3 Å². The molecule has 7 nitrogen and oxygen atoms in total. The highest BCUT2D eigenvalue weighted by molar-refractivity contribution is 6.46. The number of rotatable bonds is 7. The second kappa shape index (κ2) is 9.43. The van der Waals surface area contributed by atoms with Crippen LogP contribution in [0.1, 0.15) is 36.1 Å². The molecule has 3 heterocycles. The van der Waals surface area contributed by atoms with E-state index < -0.39 is 17.7 Å². The minimum atomic E-state index is -0.744. The molecule has 2 aromatic heterocycles. The lowest BCUT2D eigenvalue weighted by molar-refractivity contribution is -0.140. The van der Waals surface area contributed by atoms with Crippen LogP contribution in [0.5, 0.6) is 5.75 Å². The predicted molar refractivity (Wildman–Crippen MR) is 119 cm³/mol. The highest BCUT2D eigenvalue weighted by Crippen LogP contribution is 2.40. The Morgan fingerprint density at radius 1 is 1.03 bits per heavy atom. The molecule has 1 fully saturated rings. The van der Waals surface area contributed by atoms with E-state index in [4.69, 9.17) is 4.74 Å². The number of hydrogen-bond acceptors (Lipinski definition) is 6. The highest BCUT2D eigenvalue weighted by atomic mass is 16.5. The Morgan fingerprint density at radius 2 is 1.72 bits per heavy atom. The summed E-state index contributed by atoms with van der Waals surface area (Å²) in [5.41, 5.74) is 1.98. The summed E-state index contributed by atoms with van der Waals surface area (Å²) in [6.07, 6.45) is 7.31. The van der Waals surface area contributed by atoms with Crippen molar-refractivity contribution in [1.29, 1.82) is 0 Å². The number of ether oxygens (including phenoxy) is 1. The summed E-state index contributed by atoms with van der Waals surface area (Å²) >= 11 is 0. The average Bonchev–Trinajstić information content (AvgIpc) is 3.08. The molecule has 0 spiro atoms. The molecular weight excluding hydrogens is 406 g/mol. The quantitative estimate of drug-likeness (QED) is 0.348. The third kappa shape index (κ3) is 4.23. The zero-order valence-corrected chi connectivity index (χ0v) is 17.6. The van der Waals surface area contributed by atoms with Crippen LogP contribution in [0.15, 0.2) is 78.9 Å². The monoisotopic (exact) mass is 429 g/mol. The van der Waals surface area contributed by atoms with Crippen LogP contribution >= 0.6 is 0 Å². The van der Waals surface area contributed by atoms with Crippen molar-refractivity contribution in [1.82, 2.24) is 14.9 Å². The van der Waals surface area contributed by atoms with E-state index in [1.165, 1.54) is 4.90 Å². The lowest BCUT2D eigenvalue weighted by atomic mass is 9.95. The second-order valence-electron chi connectivity index (χ2n) is 7.44. The Hall–Kier alpha value is -4.00. The van der Waals surface area contributed by atoms with E-state index in [-0.39, 0.29) is 17.9 Å². The number of aliphatic hydroxyl groups excluding tert-OH is 1. The van der Waals surface area contributed by atoms with Crippen LogP contribution in [0.25, 0.3) is 5.76 Å². The van der Waals surface area contributed by atoms with E-state index in [9.17, 15) is 14.7 Å². The van der Waals surface area contributed by atoms with Crippen molar-refractivity contribution < 1.29 is 19.4 Å². The molecule has 1 saturated heterocycles. The maximum Gasteiger partial charge on any atom is 0.295 e. The first-order valence-electron chi connectivity index (χ1n) is 10.4. The number of Topliss-reactive ketones (excluding diaryl/α,β-unsaturated/α-hetero) is 1. The van der Waals surface area contributed by atoms with E-state index in [1.54, 1.807) is 73.3 Å². The summed E-state index contributed by atoms with van der Waals surface area (Å²) in [6, 6.07) is 13.2. The van der Waals surface area contributed by atoms with Gasteiger partial charge in [-0.3, -0.25) is 19.6 Å². The number of carbonyl (C=O) groups excluding carboxylic acids is 2. The molecule has 0 aliphatic carbocycles. The third-order valence-electron chi connectivity index (χ3n) is 5.24. The number of aliphatic hydroxyl groups is 1. The molecule has 3 aromatic rings. The van der Waals surface area contributed by atoms with Crippen LogP contribution in [0.4, 0.5) is 0 Å². The van der Waals surface area contributed by atoms with E-state index >= 15 is 0 Å². The van der Waals surface area contributed by atoms with Crippen molar-refractivity contribution in [3.63, 3.8) is 0 Å². The number of benzene rings is 1.